The summed E-state index contributed by atoms with van der Waals surface area (Å²) in [5.41, 5.74) is 6.12. The second-order valence-corrected chi connectivity index (χ2v) is 5.65. The number of carbonyl (C=O) groups is 2. The highest BCUT2D eigenvalue weighted by atomic mass is 16.2. The van der Waals surface area contributed by atoms with Crippen molar-refractivity contribution in [2.45, 2.75) is 37.8 Å². The zero-order valence-corrected chi connectivity index (χ0v) is 9.82. The molecule has 2 amide bonds. The summed E-state index contributed by atoms with van der Waals surface area (Å²) in [6.45, 7) is 0.556. The van der Waals surface area contributed by atoms with Gasteiger partial charge in [0.15, 0.2) is 0 Å². The third kappa shape index (κ3) is 1.82. The summed E-state index contributed by atoms with van der Waals surface area (Å²) in [5, 5.41) is 5.69. The van der Waals surface area contributed by atoms with E-state index in [9.17, 15) is 9.59 Å². The lowest BCUT2D eigenvalue weighted by Gasteiger charge is -2.28. The summed E-state index contributed by atoms with van der Waals surface area (Å²) in [7, 11) is 0. The van der Waals surface area contributed by atoms with Gasteiger partial charge in [0.2, 0.25) is 11.8 Å². The van der Waals surface area contributed by atoms with Crippen LogP contribution in [0.2, 0.25) is 0 Å². The van der Waals surface area contributed by atoms with Crippen molar-refractivity contribution < 1.29 is 9.59 Å². The Morgan fingerprint density at radius 1 is 1.35 bits per heavy atom. The fourth-order valence-corrected chi connectivity index (χ4v) is 3.73. The van der Waals surface area contributed by atoms with Crippen LogP contribution in [0, 0.1) is 17.8 Å². The molecular formula is C12H19N3O2. The van der Waals surface area contributed by atoms with E-state index in [-0.39, 0.29) is 29.8 Å². The zero-order chi connectivity index (χ0) is 12.0. The predicted molar refractivity (Wildman–Crippen MR) is 61.9 cm³/mol. The quantitative estimate of drug-likeness (QED) is 0.597. The van der Waals surface area contributed by atoms with Crippen LogP contribution < -0.4 is 16.4 Å². The second-order valence-electron chi connectivity index (χ2n) is 5.65. The van der Waals surface area contributed by atoms with Crippen molar-refractivity contribution in [1.29, 1.82) is 0 Å². The van der Waals surface area contributed by atoms with Crippen LogP contribution in [-0.4, -0.2) is 30.4 Å². The molecule has 5 unspecified atom stereocenters. The molecular weight excluding hydrogens is 218 g/mol. The third-order valence-electron chi connectivity index (χ3n) is 4.61. The molecule has 2 saturated carbocycles. The first-order valence-corrected chi connectivity index (χ1v) is 6.48. The van der Waals surface area contributed by atoms with Crippen LogP contribution in [-0.2, 0) is 9.59 Å². The molecule has 0 radical (unpaired) electrons. The monoisotopic (exact) mass is 237 g/mol. The van der Waals surface area contributed by atoms with E-state index < -0.39 is 0 Å². The van der Waals surface area contributed by atoms with E-state index in [1.807, 2.05) is 0 Å². The Bertz CT molecular complexity index is 356. The van der Waals surface area contributed by atoms with Crippen molar-refractivity contribution in [3.05, 3.63) is 0 Å². The van der Waals surface area contributed by atoms with E-state index in [0.29, 0.717) is 24.8 Å². The van der Waals surface area contributed by atoms with Crippen molar-refractivity contribution in [2.75, 3.05) is 6.54 Å². The van der Waals surface area contributed by atoms with E-state index in [4.69, 9.17) is 5.73 Å². The molecule has 3 rings (SSSR count). The number of carbonyl (C=O) groups excluding carboxylic acids is 2. The average molecular weight is 237 g/mol. The number of nitrogens with two attached hydrogens (primary N) is 1. The number of hydrogen-bond donors (Lipinski definition) is 3. The van der Waals surface area contributed by atoms with Gasteiger partial charge in [-0.25, -0.2) is 0 Å². The van der Waals surface area contributed by atoms with Crippen molar-refractivity contribution in [3.8, 4) is 0 Å². The van der Waals surface area contributed by atoms with Crippen LogP contribution in [0.15, 0.2) is 0 Å². The lowest BCUT2D eigenvalue weighted by Crippen LogP contribution is -2.48. The average Bonchev–Trinajstić information content (AvgIpc) is 2.94. The first kappa shape index (κ1) is 11.0. The fourth-order valence-electron chi connectivity index (χ4n) is 3.73. The van der Waals surface area contributed by atoms with Gasteiger partial charge < -0.3 is 16.4 Å². The molecule has 0 aromatic rings. The van der Waals surface area contributed by atoms with Crippen LogP contribution in [0.1, 0.15) is 25.7 Å². The summed E-state index contributed by atoms with van der Waals surface area (Å²) in [4.78, 5) is 23.2. The van der Waals surface area contributed by atoms with Crippen LogP contribution in [0.3, 0.4) is 0 Å². The maximum Gasteiger partial charge on any atom is 0.225 e. The second kappa shape index (κ2) is 3.98. The van der Waals surface area contributed by atoms with Gasteiger partial charge in [0.1, 0.15) is 0 Å². The molecule has 1 saturated heterocycles. The molecule has 0 aromatic heterocycles. The lowest BCUT2D eigenvalue weighted by molar-refractivity contribution is -0.127. The Morgan fingerprint density at radius 3 is 2.71 bits per heavy atom. The van der Waals surface area contributed by atoms with Crippen molar-refractivity contribution in [1.82, 2.24) is 10.6 Å². The molecule has 1 aliphatic heterocycles. The van der Waals surface area contributed by atoms with Gasteiger partial charge in [0, 0.05) is 19.0 Å². The topological polar surface area (TPSA) is 84.2 Å². The van der Waals surface area contributed by atoms with Crippen LogP contribution in [0.5, 0.6) is 0 Å². The molecule has 3 aliphatic rings. The molecule has 17 heavy (non-hydrogen) atoms. The van der Waals surface area contributed by atoms with E-state index in [1.165, 1.54) is 6.42 Å². The first-order chi connectivity index (χ1) is 8.15. The standard InChI is InChI=1S/C12H19N3O2/c13-11-7-2-1-6(3-7)10(11)12(17)15-8-4-9(16)14-5-8/h6-8,10-11H,1-5,13H2,(H,14,16)(H,15,17). The van der Waals surface area contributed by atoms with E-state index in [2.05, 4.69) is 10.6 Å². The maximum atomic E-state index is 12.2. The molecule has 1 heterocycles. The Hall–Kier alpha value is -1.10. The molecule has 2 aliphatic carbocycles. The molecule has 3 fully saturated rings. The van der Waals surface area contributed by atoms with Gasteiger partial charge in [0.05, 0.1) is 12.0 Å². The van der Waals surface area contributed by atoms with Crippen LogP contribution in [0.4, 0.5) is 0 Å². The molecule has 0 aromatic carbocycles. The Labute approximate surface area is 100 Å². The summed E-state index contributed by atoms with van der Waals surface area (Å²) in [5.74, 6) is 1.07. The van der Waals surface area contributed by atoms with E-state index in [1.54, 1.807) is 0 Å². The minimum Gasteiger partial charge on any atom is -0.354 e. The smallest absolute Gasteiger partial charge is 0.225 e. The van der Waals surface area contributed by atoms with E-state index >= 15 is 0 Å². The number of fused-ring (bicyclic) bond motifs is 2. The predicted octanol–water partition coefficient (Wildman–Crippen LogP) is -0.635. The summed E-state index contributed by atoms with van der Waals surface area (Å²) < 4.78 is 0. The SMILES string of the molecule is NC1C2CCC(C2)C1C(=O)NC1CNC(=O)C1. The first-order valence-electron chi connectivity index (χ1n) is 6.48. The van der Waals surface area contributed by atoms with Gasteiger partial charge in [0.25, 0.3) is 0 Å². The highest BCUT2D eigenvalue weighted by molar-refractivity contribution is 5.84. The molecule has 94 valence electrons. The van der Waals surface area contributed by atoms with Gasteiger partial charge in [-0.3, -0.25) is 9.59 Å². The minimum absolute atomic E-state index is 0.0209. The summed E-state index contributed by atoms with van der Waals surface area (Å²) in [6, 6.07) is -0.0138. The number of amides is 2. The van der Waals surface area contributed by atoms with Crippen molar-refractivity contribution in [2.24, 2.45) is 23.5 Å². The highest BCUT2D eigenvalue weighted by Crippen LogP contribution is 2.47. The molecule has 4 N–H and O–H groups in total. The van der Waals surface area contributed by atoms with Gasteiger partial charge in [-0.05, 0) is 31.1 Å². The van der Waals surface area contributed by atoms with Gasteiger partial charge in [-0.1, -0.05) is 0 Å². The van der Waals surface area contributed by atoms with Crippen molar-refractivity contribution in [3.63, 3.8) is 0 Å². The third-order valence-corrected chi connectivity index (χ3v) is 4.61. The minimum atomic E-state index is -0.0404. The van der Waals surface area contributed by atoms with Crippen molar-refractivity contribution >= 4 is 11.8 Å². The Morgan fingerprint density at radius 2 is 2.12 bits per heavy atom. The van der Waals surface area contributed by atoms with Crippen LogP contribution >= 0.6 is 0 Å². The van der Waals surface area contributed by atoms with E-state index in [0.717, 1.165) is 12.8 Å². The Kier molecular flexibility index (Phi) is 2.58. The zero-order valence-electron chi connectivity index (χ0n) is 9.82. The van der Waals surface area contributed by atoms with Gasteiger partial charge in [-0.2, -0.15) is 0 Å². The normalized spacial score (nSPS) is 43.8. The van der Waals surface area contributed by atoms with Gasteiger partial charge in [-0.15, -0.1) is 0 Å². The molecule has 2 bridgehead atoms. The molecule has 5 heteroatoms. The summed E-state index contributed by atoms with van der Waals surface area (Å²) in [6.07, 6.45) is 3.83. The molecule has 5 atom stereocenters. The lowest BCUT2D eigenvalue weighted by atomic mass is 9.84. The van der Waals surface area contributed by atoms with Gasteiger partial charge >= 0.3 is 0 Å². The maximum absolute atomic E-state index is 12.2. The summed E-state index contributed by atoms with van der Waals surface area (Å²) >= 11 is 0. The largest absolute Gasteiger partial charge is 0.354 e. The number of rotatable bonds is 2. The number of hydrogen-bond acceptors (Lipinski definition) is 3. The number of nitrogens with one attached hydrogen (secondary N) is 2. The molecule has 5 nitrogen and oxygen atoms in total. The van der Waals surface area contributed by atoms with Crippen LogP contribution in [0.25, 0.3) is 0 Å². The fraction of sp³-hybridized carbons (Fsp3) is 0.833. The highest BCUT2D eigenvalue weighted by Gasteiger charge is 2.49. The Balaban J connectivity index is 1.61. The molecule has 0 spiro atoms.